The zero-order valence-corrected chi connectivity index (χ0v) is 10.9. The number of nitrogens with zero attached hydrogens (tertiary/aromatic N) is 5. The summed E-state index contributed by atoms with van der Waals surface area (Å²) < 4.78 is 7.39. The van der Waals surface area contributed by atoms with E-state index in [-0.39, 0.29) is 18.6 Å². The number of amides is 1. The molecule has 1 N–H and O–H groups in total. The summed E-state index contributed by atoms with van der Waals surface area (Å²) in [7, 11) is 0. The molecular weight excluding hydrogens is 264 g/mol. The van der Waals surface area contributed by atoms with Gasteiger partial charge in [-0.2, -0.15) is 5.10 Å². The Labute approximate surface area is 114 Å². The fourth-order valence-electron chi connectivity index (χ4n) is 1.49. The highest BCUT2D eigenvalue weighted by molar-refractivity contribution is 5.66. The zero-order chi connectivity index (χ0) is 14.4. The van der Waals surface area contributed by atoms with Gasteiger partial charge in [-0.1, -0.05) is 0 Å². The van der Waals surface area contributed by atoms with Crippen molar-refractivity contribution in [2.24, 2.45) is 0 Å². The van der Waals surface area contributed by atoms with Gasteiger partial charge in [0.2, 0.25) is 0 Å². The molecule has 9 nitrogen and oxygen atoms in total. The average Bonchev–Trinajstić information content (AvgIpc) is 2.95. The van der Waals surface area contributed by atoms with Crippen molar-refractivity contribution in [2.45, 2.75) is 13.5 Å². The van der Waals surface area contributed by atoms with Gasteiger partial charge in [0.15, 0.2) is 5.82 Å². The van der Waals surface area contributed by atoms with Crippen molar-refractivity contribution >= 4 is 6.09 Å². The lowest BCUT2D eigenvalue weighted by Gasteiger charge is -2.07. The van der Waals surface area contributed by atoms with Gasteiger partial charge in [0, 0.05) is 12.6 Å². The van der Waals surface area contributed by atoms with Crippen LogP contribution < -0.4 is 10.9 Å². The number of hydrogen-bond acceptors (Lipinski definition) is 6. The minimum atomic E-state index is -0.520. The minimum Gasteiger partial charge on any atom is -0.450 e. The number of rotatable bonds is 5. The number of alkyl carbamates (subject to hydrolysis) is 1. The molecule has 0 atom stereocenters. The normalized spacial score (nSPS) is 10.2. The summed E-state index contributed by atoms with van der Waals surface area (Å²) in [5.74, 6) is 0.471. The van der Waals surface area contributed by atoms with E-state index in [4.69, 9.17) is 4.74 Å². The maximum Gasteiger partial charge on any atom is 0.407 e. The van der Waals surface area contributed by atoms with Crippen LogP contribution in [0.2, 0.25) is 0 Å². The van der Waals surface area contributed by atoms with Gasteiger partial charge in [-0.25, -0.2) is 19.1 Å². The molecule has 0 radical (unpaired) electrons. The van der Waals surface area contributed by atoms with Crippen molar-refractivity contribution in [2.75, 3.05) is 13.2 Å². The molecule has 0 aromatic carbocycles. The van der Waals surface area contributed by atoms with E-state index in [0.29, 0.717) is 12.4 Å². The lowest BCUT2D eigenvalue weighted by molar-refractivity contribution is 0.151. The van der Waals surface area contributed by atoms with Gasteiger partial charge in [0.05, 0.1) is 13.2 Å². The zero-order valence-electron chi connectivity index (χ0n) is 10.9. The van der Waals surface area contributed by atoms with Crippen LogP contribution in [0, 0.1) is 0 Å². The number of hydrogen-bond donors (Lipinski definition) is 1. The SMILES string of the molecule is CCOC(=O)NCCn1nc(-n2cncn2)ccc1=O. The first-order valence-electron chi connectivity index (χ1n) is 6.04. The predicted molar refractivity (Wildman–Crippen MR) is 68.4 cm³/mol. The van der Waals surface area contributed by atoms with Gasteiger partial charge in [-0.3, -0.25) is 4.79 Å². The fourth-order valence-corrected chi connectivity index (χ4v) is 1.49. The van der Waals surface area contributed by atoms with Gasteiger partial charge >= 0.3 is 6.09 Å². The summed E-state index contributed by atoms with van der Waals surface area (Å²) in [5.41, 5.74) is -0.264. The predicted octanol–water partition coefficient (Wildman–Crippen LogP) is -0.430. The van der Waals surface area contributed by atoms with Crippen molar-refractivity contribution in [3.8, 4) is 5.82 Å². The van der Waals surface area contributed by atoms with Gasteiger partial charge in [-0.05, 0) is 13.0 Å². The van der Waals surface area contributed by atoms with Crippen LogP contribution in [0.1, 0.15) is 6.92 Å². The molecule has 0 aliphatic carbocycles. The quantitative estimate of drug-likeness (QED) is 0.796. The molecule has 2 aromatic rings. The van der Waals surface area contributed by atoms with Crippen molar-refractivity contribution in [3.63, 3.8) is 0 Å². The second-order valence-corrected chi connectivity index (χ2v) is 3.74. The van der Waals surface area contributed by atoms with Crippen LogP contribution >= 0.6 is 0 Å². The molecule has 0 aliphatic rings. The Morgan fingerprint density at radius 3 is 3.00 bits per heavy atom. The molecule has 106 valence electrons. The number of carbonyl (C=O) groups is 1. The average molecular weight is 278 g/mol. The molecule has 20 heavy (non-hydrogen) atoms. The number of aromatic nitrogens is 5. The summed E-state index contributed by atoms with van der Waals surface area (Å²) in [6, 6.07) is 2.93. The molecule has 0 spiro atoms. The number of carbonyl (C=O) groups excluding carboxylic acids is 1. The van der Waals surface area contributed by atoms with Crippen LogP contribution in [0.4, 0.5) is 4.79 Å². The van der Waals surface area contributed by atoms with Gasteiger partial charge in [-0.15, -0.1) is 5.10 Å². The number of ether oxygens (including phenoxy) is 1. The number of nitrogens with one attached hydrogen (secondary N) is 1. The van der Waals surface area contributed by atoms with Crippen LogP contribution in [0.5, 0.6) is 0 Å². The van der Waals surface area contributed by atoms with E-state index >= 15 is 0 Å². The van der Waals surface area contributed by atoms with E-state index in [9.17, 15) is 9.59 Å². The molecule has 2 heterocycles. The molecule has 2 aromatic heterocycles. The van der Waals surface area contributed by atoms with Crippen molar-refractivity contribution in [3.05, 3.63) is 35.1 Å². The van der Waals surface area contributed by atoms with E-state index < -0.39 is 6.09 Å². The van der Waals surface area contributed by atoms with Crippen molar-refractivity contribution < 1.29 is 9.53 Å². The highest BCUT2D eigenvalue weighted by atomic mass is 16.5. The Balaban J connectivity index is 2.02. The van der Waals surface area contributed by atoms with Crippen LogP contribution in [0.3, 0.4) is 0 Å². The molecule has 0 fully saturated rings. The summed E-state index contributed by atoms with van der Waals surface area (Å²) in [6.45, 7) is 2.49. The summed E-state index contributed by atoms with van der Waals surface area (Å²) in [5, 5.41) is 10.6. The first-order valence-corrected chi connectivity index (χ1v) is 6.04. The van der Waals surface area contributed by atoms with Crippen LogP contribution in [0.25, 0.3) is 5.82 Å². The lowest BCUT2D eigenvalue weighted by Crippen LogP contribution is -2.32. The van der Waals surface area contributed by atoms with Crippen LogP contribution in [0.15, 0.2) is 29.6 Å². The maximum atomic E-state index is 11.7. The molecular formula is C11H14N6O3. The third-order valence-electron chi connectivity index (χ3n) is 2.37. The van der Waals surface area contributed by atoms with Gasteiger partial charge in [0.1, 0.15) is 12.7 Å². The van der Waals surface area contributed by atoms with Crippen molar-refractivity contribution in [1.29, 1.82) is 0 Å². The highest BCUT2D eigenvalue weighted by Crippen LogP contribution is 1.96. The Morgan fingerprint density at radius 2 is 2.30 bits per heavy atom. The summed E-state index contributed by atoms with van der Waals surface area (Å²) >= 11 is 0. The largest absolute Gasteiger partial charge is 0.450 e. The molecule has 0 bridgehead atoms. The Bertz CT molecular complexity index is 621. The molecule has 0 aliphatic heterocycles. The summed E-state index contributed by atoms with van der Waals surface area (Å²) in [4.78, 5) is 26.6. The first kappa shape index (κ1) is 13.7. The van der Waals surface area contributed by atoms with E-state index in [1.807, 2.05) is 0 Å². The minimum absolute atomic E-state index is 0.236. The smallest absolute Gasteiger partial charge is 0.407 e. The molecule has 0 saturated carbocycles. The fraction of sp³-hybridized carbons (Fsp3) is 0.364. The molecule has 0 saturated heterocycles. The molecule has 9 heteroatoms. The molecule has 2 rings (SSSR count). The topological polar surface area (TPSA) is 104 Å². The van der Waals surface area contributed by atoms with E-state index in [2.05, 4.69) is 20.5 Å². The first-order chi connectivity index (χ1) is 9.70. The van der Waals surface area contributed by atoms with Gasteiger partial charge < -0.3 is 10.1 Å². The second-order valence-electron chi connectivity index (χ2n) is 3.74. The summed E-state index contributed by atoms with van der Waals surface area (Å²) in [6.07, 6.45) is 2.33. The van der Waals surface area contributed by atoms with E-state index in [1.165, 1.54) is 28.1 Å². The standard InChI is InChI=1S/C11H14N6O3/c1-2-20-11(19)13-5-6-16-10(18)4-3-9(15-16)17-8-12-7-14-17/h3-4,7-8H,2,5-6H2,1H3,(H,13,19). The van der Waals surface area contributed by atoms with Crippen LogP contribution in [-0.2, 0) is 11.3 Å². The highest BCUT2D eigenvalue weighted by Gasteiger charge is 2.04. The third kappa shape index (κ3) is 3.40. The van der Waals surface area contributed by atoms with Crippen molar-refractivity contribution in [1.82, 2.24) is 29.9 Å². The lowest BCUT2D eigenvalue weighted by atomic mass is 10.5. The third-order valence-corrected chi connectivity index (χ3v) is 2.37. The van der Waals surface area contributed by atoms with E-state index in [0.717, 1.165) is 0 Å². The Kier molecular flexibility index (Phi) is 4.43. The molecule has 1 amide bonds. The monoisotopic (exact) mass is 278 g/mol. The van der Waals surface area contributed by atoms with Gasteiger partial charge in [0.25, 0.3) is 5.56 Å². The Hall–Kier alpha value is -2.71. The Morgan fingerprint density at radius 1 is 1.45 bits per heavy atom. The maximum absolute atomic E-state index is 11.7. The van der Waals surface area contributed by atoms with E-state index in [1.54, 1.807) is 13.0 Å². The second kappa shape index (κ2) is 6.45. The van der Waals surface area contributed by atoms with Crippen LogP contribution in [-0.4, -0.2) is 43.8 Å². The molecule has 0 unspecified atom stereocenters.